The summed E-state index contributed by atoms with van der Waals surface area (Å²) < 4.78 is 33.2. The lowest BCUT2D eigenvalue weighted by atomic mass is 9.98. The molecule has 354 valence electrons. The molecule has 0 amide bonds. The Hall–Kier alpha value is -3.06. The van der Waals surface area contributed by atoms with Gasteiger partial charge in [-0.25, -0.2) is 0 Å². The lowest BCUT2D eigenvalue weighted by molar-refractivity contribution is -0.332. The number of unbranched alkanes of at least 4 members (excludes halogenated alkanes) is 6. The number of esters is 2. The molecule has 0 aliphatic carbocycles. The lowest BCUT2D eigenvalue weighted by Crippen LogP contribution is -2.61. The molecule has 11 unspecified atom stereocenters. The molecule has 2 heterocycles. The largest absolute Gasteiger partial charge is 0.462 e. The third-order valence-electron chi connectivity index (χ3n) is 10.2. The molecule has 0 saturated carbocycles. The zero-order valence-corrected chi connectivity index (χ0v) is 36.8. The molecule has 2 aliphatic heterocycles. The van der Waals surface area contributed by atoms with E-state index in [1.807, 2.05) is 18.2 Å². The van der Waals surface area contributed by atoms with Crippen molar-refractivity contribution in [2.75, 3.05) is 26.4 Å². The van der Waals surface area contributed by atoms with Gasteiger partial charge < -0.3 is 64.2 Å². The average molecular weight is 881 g/mol. The second-order valence-corrected chi connectivity index (χ2v) is 15.5. The lowest BCUT2D eigenvalue weighted by Gasteiger charge is -2.42. The predicted octanol–water partition coefficient (Wildman–Crippen LogP) is 4.70. The summed E-state index contributed by atoms with van der Waals surface area (Å²) in [7, 11) is 0. The van der Waals surface area contributed by atoms with E-state index >= 15 is 0 Å². The fourth-order valence-corrected chi connectivity index (χ4v) is 6.48. The minimum absolute atomic E-state index is 0.0372. The maximum atomic E-state index is 12.9. The first-order chi connectivity index (χ1) is 30.0. The predicted molar refractivity (Wildman–Crippen MR) is 233 cm³/mol. The van der Waals surface area contributed by atoms with Gasteiger partial charge in [0.15, 0.2) is 18.7 Å². The van der Waals surface area contributed by atoms with Gasteiger partial charge in [-0.2, -0.15) is 0 Å². The first-order valence-corrected chi connectivity index (χ1v) is 22.5. The molecule has 0 spiro atoms. The second kappa shape index (κ2) is 34.4. The number of carbonyl (C=O) groups is 2. The van der Waals surface area contributed by atoms with Gasteiger partial charge in [-0.3, -0.25) is 9.59 Å². The van der Waals surface area contributed by atoms with E-state index in [0.29, 0.717) is 19.3 Å². The summed E-state index contributed by atoms with van der Waals surface area (Å²) in [4.78, 5) is 25.4. The van der Waals surface area contributed by atoms with Crippen molar-refractivity contribution < 1.29 is 73.8 Å². The van der Waals surface area contributed by atoms with Crippen LogP contribution >= 0.6 is 0 Å². The van der Waals surface area contributed by atoms with Crippen LogP contribution in [-0.2, 0) is 38.0 Å². The number of carbonyl (C=O) groups excluding carboxylic acids is 2. The maximum Gasteiger partial charge on any atom is 0.306 e. The van der Waals surface area contributed by atoms with Crippen molar-refractivity contribution in [2.24, 2.45) is 0 Å². The standard InChI is InChI=1S/C47H76O15/c1-3-5-7-9-11-12-13-14-15-16-17-18-19-20-21-22-24-26-28-30-39(50)60-35(32-57-38(49)29-27-25-23-10-8-6-4-2)33-58-46-45(56)43(54)41(52)37(62-46)34-59-47-44(55)42(53)40(51)36(31-48)61-47/h5,7,11-12,14-15,17-18,20-21,24,26,35-37,40-48,51-56H,3-4,6,8-10,13,16,19,22-23,25,27-34H2,1-2H3/b7-5-,12-11-,15-14-,18-17-,21-20-,26-24-. The van der Waals surface area contributed by atoms with E-state index in [0.717, 1.165) is 64.2 Å². The number of aliphatic hydroxyl groups excluding tert-OH is 7. The van der Waals surface area contributed by atoms with Crippen LogP contribution in [0.15, 0.2) is 72.9 Å². The molecule has 0 bridgehead atoms. The Labute approximate surface area is 368 Å². The van der Waals surface area contributed by atoms with E-state index in [9.17, 15) is 45.3 Å². The fraction of sp³-hybridized carbons (Fsp3) is 0.702. The Morgan fingerprint density at radius 3 is 1.56 bits per heavy atom. The summed E-state index contributed by atoms with van der Waals surface area (Å²) in [6.07, 6.45) is 21.3. The van der Waals surface area contributed by atoms with Gasteiger partial charge in [0.1, 0.15) is 55.4 Å². The van der Waals surface area contributed by atoms with Crippen LogP contribution in [0.25, 0.3) is 0 Å². The van der Waals surface area contributed by atoms with Gasteiger partial charge in [-0.1, -0.05) is 125 Å². The molecular formula is C47H76O15. The molecule has 0 aromatic heterocycles. The fourth-order valence-electron chi connectivity index (χ4n) is 6.48. The van der Waals surface area contributed by atoms with Crippen molar-refractivity contribution in [3.63, 3.8) is 0 Å². The zero-order chi connectivity index (χ0) is 45.4. The van der Waals surface area contributed by atoms with Crippen LogP contribution in [-0.4, -0.2) is 142 Å². The minimum atomic E-state index is -1.78. The van der Waals surface area contributed by atoms with Gasteiger partial charge in [0.05, 0.1) is 19.8 Å². The molecule has 0 aromatic carbocycles. The Bertz CT molecular complexity index is 1360. The number of allylic oxidation sites excluding steroid dienone is 12. The van der Waals surface area contributed by atoms with Gasteiger partial charge in [0.25, 0.3) is 0 Å². The van der Waals surface area contributed by atoms with Crippen LogP contribution in [0.3, 0.4) is 0 Å². The van der Waals surface area contributed by atoms with Gasteiger partial charge >= 0.3 is 11.9 Å². The normalized spacial score (nSPS) is 27.8. The van der Waals surface area contributed by atoms with Crippen LogP contribution in [0.5, 0.6) is 0 Å². The molecule has 0 aromatic rings. The van der Waals surface area contributed by atoms with E-state index in [1.54, 1.807) is 0 Å². The highest BCUT2D eigenvalue weighted by molar-refractivity contribution is 5.70. The van der Waals surface area contributed by atoms with Crippen molar-refractivity contribution in [2.45, 2.75) is 184 Å². The third kappa shape index (κ3) is 23.0. The van der Waals surface area contributed by atoms with Gasteiger partial charge in [-0.05, 0) is 51.4 Å². The maximum absolute atomic E-state index is 12.9. The van der Waals surface area contributed by atoms with E-state index in [2.05, 4.69) is 68.5 Å². The number of rotatable bonds is 32. The Kier molecular flexibility index (Phi) is 30.5. The van der Waals surface area contributed by atoms with Crippen molar-refractivity contribution in [3.05, 3.63) is 72.9 Å². The van der Waals surface area contributed by atoms with Crippen LogP contribution in [0.4, 0.5) is 0 Å². The summed E-state index contributed by atoms with van der Waals surface area (Å²) in [6.45, 7) is 2.30. The van der Waals surface area contributed by atoms with Crippen LogP contribution in [0.2, 0.25) is 0 Å². The third-order valence-corrected chi connectivity index (χ3v) is 10.2. The average Bonchev–Trinajstić information content (AvgIpc) is 3.26. The highest BCUT2D eigenvalue weighted by atomic mass is 16.7. The van der Waals surface area contributed by atoms with E-state index < -0.39 is 99.3 Å². The minimum Gasteiger partial charge on any atom is -0.462 e. The van der Waals surface area contributed by atoms with Crippen LogP contribution in [0.1, 0.15) is 117 Å². The first-order valence-electron chi connectivity index (χ1n) is 22.5. The number of hydrogen-bond donors (Lipinski definition) is 7. The smallest absolute Gasteiger partial charge is 0.306 e. The summed E-state index contributed by atoms with van der Waals surface area (Å²) in [5.74, 6) is -1.04. The van der Waals surface area contributed by atoms with Crippen molar-refractivity contribution in [1.29, 1.82) is 0 Å². The van der Waals surface area contributed by atoms with Crippen molar-refractivity contribution in [1.82, 2.24) is 0 Å². The number of aliphatic hydroxyl groups is 7. The molecule has 2 saturated heterocycles. The number of hydrogen-bond acceptors (Lipinski definition) is 15. The quantitative estimate of drug-likeness (QED) is 0.0276. The highest BCUT2D eigenvalue weighted by Crippen LogP contribution is 2.26. The topological polar surface area (TPSA) is 231 Å². The van der Waals surface area contributed by atoms with E-state index in [4.69, 9.17) is 28.4 Å². The molecule has 15 nitrogen and oxygen atoms in total. The van der Waals surface area contributed by atoms with Crippen molar-refractivity contribution in [3.8, 4) is 0 Å². The summed E-state index contributed by atoms with van der Waals surface area (Å²) in [5, 5.41) is 71.7. The molecule has 15 heteroatoms. The highest BCUT2D eigenvalue weighted by Gasteiger charge is 2.47. The SMILES string of the molecule is CC/C=C\C/C=C\C/C=C\C/C=C\C/C=C\C/C=C\CCC(=O)OC(COC(=O)CCCCCCCCC)COC1OC(COC2OC(CO)C(O)C(O)C2O)C(O)C(O)C1O. The van der Waals surface area contributed by atoms with Gasteiger partial charge in [0.2, 0.25) is 0 Å². The molecule has 2 rings (SSSR count). The van der Waals surface area contributed by atoms with Gasteiger partial charge in [-0.15, -0.1) is 0 Å². The molecular weight excluding hydrogens is 805 g/mol. The van der Waals surface area contributed by atoms with Crippen LogP contribution in [0, 0.1) is 0 Å². The zero-order valence-electron chi connectivity index (χ0n) is 36.8. The van der Waals surface area contributed by atoms with E-state index in [-0.39, 0.29) is 19.4 Å². The van der Waals surface area contributed by atoms with Crippen LogP contribution < -0.4 is 0 Å². The summed E-state index contributed by atoms with van der Waals surface area (Å²) in [5.41, 5.74) is 0. The van der Waals surface area contributed by atoms with Gasteiger partial charge in [0, 0.05) is 12.8 Å². The molecule has 0 radical (unpaired) electrons. The number of ether oxygens (including phenoxy) is 6. The molecule has 7 N–H and O–H groups in total. The second-order valence-electron chi connectivity index (χ2n) is 15.5. The molecule has 2 aliphatic rings. The molecule has 2 fully saturated rings. The van der Waals surface area contributed by atoms with Crippen molar-refractivity contribution >= 4 is 11.9 Å². The first kappa shape index (κ1) is 55.1. The Balaban J connectivity index is 1.87. The Morgan fingerprint density at radius 1 is 0.532 bits per heavy atom. The molecule has 62 heavy (non-hydrogen) atoms. The molecule has 11 atom stereocenters. The summed E-state index contributed by atoms with van der Waals surface area (Å²) in [6, 6.07) is 0. The monoisotopic (exact) mass is 881 g/mol. The van der Waals surface area contributed by atoms with E-state index in [1.165, 1.54) is 6.42 Å². The summed E-state index contributed by atoms with van der Waals surface area (Å²) >= 11 is 0. The Morgan fingerprint density at radius 2 is 1.02 bits per heavy atom.